The molecule has 0 atom stereocenters. The van der Waals surface area contributed by atoms with Gasteiger partial charge in [0.25, 0.3) is 5.91 Å². The van der Waals surface area contributed by atoms with Gasteiger partial charge in [-0.1, -0.05) is 18.2 Å². The van der Waals surface area contributed by atoms with Crippen LogP contribution in [0.25, 0.3) is 11.0 Å². The number of fused-ring (bicyclic) bond motifs is 1. The molecule has 0 spiro atoms. The lowest BCUT2D eigenvalue weighted by Crippen LogP contribution is -2.28. The van der Waals surface area contributed by atoms with Crippen molar-refractivity contribution >= 4 is 16.9 Å². The van der Waals surface area contributed by atoms with E-state index in [0.717, 1.165) is 5.56 Å². The number of nitrogens with one attached hydrogen (secondary N) is 3. The SMILES string of the molecule is O=C(COc1ccccc1F)NCc1ccc2[nH]c(=O)[nH]c2c1. The summed E-state index contributed by atoms with van der Waals surface area (Å²) in [5, 5.41) is 2.67. The van der Waals surface area contributed by atoms with E-state index in [1.54, 1.807) is 30.3 Å². The third-order valence-electron chi connectivity index (χ3n) is 3.27. The number of halogens is 1. The second-order valence-electron chi connectivity index (χ2n) is 4.95. The molecule has 0 radical (unpaired) electrons. The standard InChI is InChI=1S/C16H14FN3O3/c17-11-3-1-2-4-14(11)23-9-15(21)18-8-10-5-6-12-13(7-10)20-16(22)19-12/h1-7H,8-9H2,(H,18,21)(H2,19,20,22). The van der Waals surface area contributed by atoms with Gasteiger partial charge >= 0.3 is 5.69 Å². The van der Waals surface area contributed by atoms with Crippen molar-refractivity contribution in [2.45, 2.75) is 6.54 Å². The number of amides is 1. The van der Waals surface area contributed by atoms with Crippen molar-refractivity contribution < 1.29 is 13.9 Å². The van der Waals surface area contributed by atoms with E-state index < -0.39 is 5.82 Å². The molecule has 1 amide bonds. The predicted octanol–water partition coefficient (Wildman–Crippen LogP) is 1.69. The second kappa shape index (κ2) is 6.35. The van der Waals surface area contributed by atoms with Crippen molar-refractivity contribution in [3.8, 4) is 5.75 Å². The molecule has 0 saturated heterocycles. The van der Waals surface area contributed by atoms with Gasteiger partial charge in [0, 0.05) is 6.54 Å². The molecule has 7 heteroatoms. The van der Waals surface area contributed by atoms with Crippen LogP contribution in [0.3, 0.4) is 0 Å². The highest BCUT2D eigenvalue weighted by Gasteiger charge is 2.07. The van der Waals surface area contributed by atoms with Gasteiger partial charge in [-0.15, -0.1) is 0 Å². The molecule has 6 nitrogen and oxygen atoms in total. The summed E-state index contributed by atoms with van der Waals surface area (Å²) in [6.07, 6.45) is 0. The molecule has 0 bridgehead atoms. The smallest absolute Gasteiger partial charge is 0.323 e. The van der Waals surface area contributed by atoms with Crippen molar-refractivity contribution in [3.63, 3.8) is 0 Å². The number of para-hydroxylation sites is 1. The number of carbonyl (C=O) groups is 1. The topological polar surface area (TPSA) is 87.0 Å². The molecule has 0 aliphatic carbocycles. The first-order valence-electron chi connectivity index (χ1n) is 6.97. The first-order valence-corrected chi connectivity index (χ1v) is 6.97. The lowest BCUT2D eigenvalue weighted by atomic mass is 10.2. The Morgan fingerprint density at radius 3 is 2.74 bits per heavy atom. The number of ether oxygens (including phenoxy) is 1. The maximum atomic E-state index is 13.4. The summed E-state index contributed by atoms with van der Waals surface area (Å²) in [5.41, 5.74) is 1.92. The Morgan fingerprint density at radius 2 is 1.91 bits per heavy atom. The van der Waals surface area contributed by atoms with Crippen molar-refractivity contribution in [1.29, 1.82) is 0 Å². The number of hydrogen-bond donors (Lipinski definition) is 3. The van der Waals surface area contributed by atoms with Gasteiger partial charge in [0.1, 0.15) is 0 Å². The molecule has 1 heterocycles. The molecular formula is C16H14FN3O3. The minimum Gasteiger partial charge on any atom is -0.481 e. The van der Waals surface area contributed by atoms with Crippen LogP contribution in [-0.4, -0.2) is 22.5 Å². The highest BCUT2D eigenvalue weighted by molar-refractivity contribution is 5.78. The van der Waals surface area contributed by atoms with Gasteiger partial charge in [-0.2, -0.15) is 0 Å². The molecule has 0 aliphatic heterocycles. The number of imidazole rings is 1. The van der Waals surface area contributed by atoms with E-state index in [1.807, 2.05) is 0 Å². The molecule has 3 aromatic rings. The van der Waals surface area contributed by atoms with Gasteiger partial charge in [0.15, 0.2) is 18.2 Å². The van der Waals surface area contributed by atoms with Gasteiger partial charge in [-0.05, 0) is 29.8 Å². The zero-order valence-corrected chi connectivity index (χ0v) is 12.1. The monoisotopic (exact) mass is 315 g/mol. The summed E-state index contributed by atoms with van der Waals surface area (Å²) in [6.45, 7) is 0.00673. The van der Waals surface area contributed by atoms with E-state index >= 15 is 0 Å². The fourth-order valence-corrected chi connectivity index (χ4v) is 2.15. The van der Waals surface area contributed by atoms with E-state index in [4.69, 9.17) is 4.74 Å². The molecule has 0 aliphatic rings. The summed E-state index contributed by atoms with van der Waals surface area (Å²) < 4.78 is 18.5. The fraction of sp³-hybridized carbons (Fsp3) is 0.125. The lowest BCUT2D eigenvalue weighted by molar-refractivity contribution is -0.123. The van der Waals surface area contributed by atoms with Crippen LogP contribution < -0.4 is 15.7 Å². The Bertz CT molecular complexity index is 901. The minimum absolute atomic E-state index is 0.0361. The fourth-order valence-electron chi connectivity index (χ4n) is 2.15. The summed E-state index contributed by atoms with van der Waals surface area (Å²) in [4.78, 5) is 28.2. The van der Waals surface area contributed by atoms with Crippen molar-refractivity contribution in [2.24, 2.45) is 0 Å². The zero-order chi connectivity index (χ0) is 16.2. The average Bonchev–Trinajstić information content (AvgIpc) is 2.91. The molecule has 1 aromatic heterocycles. The normalized spacial score (nSPS) is 10.7. The molecule has 0 fully saturated rings. The number of H-pyrrole nitrogens is 2. The number of benzene rings is 2. The molecule has 23 heavy (non-hydrogen) atoms. The number of carbonyl (C=O) groups excluding carboxylic acids is 1. The molecule has 3 N–H and O–H groups in total. The van der Waals surface area contributed by atoms with E-state index in [1.165, 1.54) is 12.1 Å². The molecular weight excluding hydrogens is 301 g/mol. The third kappa shape index (κ3) is 3.57. The minimum atomic E-state index is -0.512. The second-order valence-corrected chi connectivity index (χ2v) is 4.95. The highest BCUT2D eigenvalue weighted by Crippen LogP contribution is 2.15. The van der Waals surface area contributed by atoms with E-state index in [-0.39, 0.29) is 30.5 Å². The Kier molecular flexibility index (Phi) is 4.09. The Labute approximate surface area is 130 Å². The summed E-state index contributed by atoms with van der Waals surface area (Å²) in [7, 11) is 0. The van der Waals surface area contributed by atoms with Crippen LogP contribution in [0.15, 0.2) is 47.3 Å². The van der Waals surface area contributed by atoms with E-state index in [0.29, 0.717) is 11.0 Å². The van der Waals surface area contributed by atoms with Crippen LogP contribution >= 0.6 is 0 Å². The van der Waals surface area contributed by atoms with E-state index in [9.17, 15) is 14.0 Å². The maximum Gasteiger partial charge on any atom is 0.323 e. The summed E-state index contributed by atoms with van der Waals surface area (Å²) >= 11 is 0. The van der Waals surface area contributed by atoms with Crippen LogP contribution in [0.4, 0.5) is 4.39 Å². The third-order valence-corrected chi connectivity index (χ3v) is 3.27. The van der Waals surface area contributed by atoms with Crippen molar-refractivity contribution in [2.75, 3.05) is 6.61 Å². The number of aromatic nitrogens is 2. The molecule has 0 unspecified atom stereocenters. The van der Waals surface area contributed by atoms with Crippen molar-refractivity contribution in [1.82, 2.24) is 15.3 Å². The zero-order valence-electron chi connectivity index (χ0n) is 12.1. The largest absolute Gasteiger partial charge is 0.481 e. The Morgan fingerprint density at radius 1 is 1.13 bits per heavy atom. The lowest BCUT2D eigenvalue weighted by Gasteiger charge is -2.08. The van der Waals surface area contributed by atoms with Gasteiger partial charge in [0.2, 0.25) is 0 Å². The molecule has 2 aromatic carbocycles. The van der Waals surface area contributed by atoms with Crippen LogP contribution in [0, 0.1) is 5.82 Å². The van der Waals surface area contributed by atoms with Gasteiger partial charge < -0.3 is 20.0 Å². The molecule has 0 saturated carbocycles. The first kappa shape index (κ1) is 14.8. The number of aromatic amines is 2. The van der Waals surface area contributed by atoms with Crippen molar-refractivity contribution in [3.05, 3.63) is 64.3 Å². The highest BCUT2D eigenvalue weighted by atomic mass is 19.1. The average molecular weight is 315 g/mol. The maximum absolute atomic E-state index is 13.4. The van der Waals surface area contributed by atoms with Gasteiger partial charge in [-0.25, -0.2) is 9.18 Å². The number of rotatable bonds is 5. The quantitative estimate of drug-likeness (QED) is 0.669. The molecule has 3 rings (SSSR count). The number of hydrogen-bond acceptors (Lipinski definition) is 3. The summed E-state index contributed by atoms with van der Waals surface area (Å²) in [5.74, 6) is -0.841. The van der Waals surface area contributed by atoms with Crippen LogP contribution in [0.5, 0.6) is 5.75 Å². The van der Waals surface area contributed by atoms with Crippen LogP contribution in [0.1, 0.15) is 5.56 Å². The van der Waals surface area contributed by atoms with Gasteiger partial charge in [-0.3, -0.25) is 4.79 Å². The van der Waals surface area contributed by atoms with Crippen LogP contribution in [-0.2, 0) is 11.3 Å². The Balaban J connectivity index is 1.55. The first-order chi connectivity index (χ1) is 11.1. The van der Waals surface area contributed by atoms with E-state index in [2.05, 4.69) is 15.3 Å². The Hall–Kier alpha value is -3.09. The summed E-state index contributed by atoms with van der Waals surface area (Å²) in [6, 6.07) is 11.2. The predicted molar refractivity (Wildman–Crippen MR) is 82.7 cm³/mol. The van der Waals surface area contributed by atoms with Gasteiger partial charge in [0.05, 0.1) is 11.0 Å². The molecule has 118 valence electrons. The van der Waals surface area contributed by atoms with Crippen LogP contribution in [0.2, 0.25) is 0 Å².